The summed E-state index contributed by atoms with van der Waals surface area (Å²) >= 11 is 1.67. The summed E-state index contributed by atoms with van der Waals surface area (Å²) in [5.41, 5.74) is 1.16. The normalized spacial score (nSPS) is 31.7. The molecule has 10 heteroatoms. The number of hydrogen-bond acceptors (Lipinski definition) is 9. The summed E-state index contributed by atoms with van der Waals surface area (Å²) in [6.45, 7) is 3.42. The Labute approximate surface area is 155 Å². The number of thioether (sulfide) groups is 1. The van der Waals surface area contributed by atoms with Crippen LogP contribution in [0.15, 0.2) is 12.7 Å². The Hall–Kier alpha value is -1.46. The van der Waals surface area contributed by atoms with E-state index in [1.165, 1.54) is 6.33 Å². The number of aliphatic hydroxyl groups is 2. The smallest absolute Gasteiger partial charge is 0.167 e. The lowest BCUT2D eigenvalue weighted by Crippen LogP contribution is -2.32. The highest BCUT2D eigenvalue weighted by molar-refractivity contribution is 7.99. The molecule has 0 saturated carbocycles. The summed E-state index contributed by atoms with van der Waals surface area (Å²) in [7, 11) is 0. The van der Waals surface area contributed by atoms with Crippen LogP contribution < -0.4 is 5.32 Å². The number of anilines is 1. The second-order valence-corrected chi connectivity index (χ2v) is 7.78. The van der Waals surface area contributed by atoms with E-state index in [0.717, 1.165) is 18.8 Å². The first kappa shape index (κ1) is 17.9. The fourth-order valence-corrected chi connectivity index (χ4v) is 4.06. The van der Waals surface area contributed by atoms with E-state index in [1.54, 1.807) is 22.7 Å². The van der Waals surface area contributed by atoms with Gasteiger partial charge in [-0.1, -0.05) is 6.92 Å². The van der Waals surface area contributed by atoms with E-state index in [0.29, 0.717) is 29.3 Å². The number of rotatable bonds is 6. The van der Waals surface area contributed by atoms with Gasteiger partial charge in [-0.15, -0.1) is 0 Å². The minimum absolute atomic E-state index is 0.198. The van der Waals surface area contributed by atoms with E-state index < -0.39 is 24.5 Å². The number of nitrogens with one attached hydrogen (secondary N) is 1. The second-order valence-electron chi connectivity index (χ2n) is 6.46. The third-order valence-electron chi connectivity index (χ3n) is 4.73. The predicted octanol–water partition coefficient (Wildman–Crippen LogP) is 0.399. The Morgan fingerprint density at radius 1 is 1.31 bits per heavy atom. The fraction of sp³-hybridized carbons (Fsp3) is 0.688. The van der Waals surface area contributed by atoms with Crippen LogP contribution in [0.1, 0.15) is 19.6 Å². The van der Waals surface area contributed by atoms with Crippen LogP contribution in [-0.4, -0.2) is 78.8 Å². The van der Waals surface area contributed by atoms with Gasteiger partial charge in [0.15, 0.2) is 23.2 Å². The minimum atomic E-state index is -1.04. The van der Waals surface area contributed by atoms with Crippen molar-refractivity contribution in [3.8, 4) is 0 Å². The lowest BCUT2D eigenvalue weighted by atomic mass is 10.1. The molecule has 2 aromatic rings. The first-order chi connectivity index (χ1) is 12.7. The predicted molar refractivity (Wildman–Crippen MR) is 97.1 cm³/mol. The molecule has 0 aromatic carbocycles. The Bertz CT molecular complexity index is 753. The van der Waals surface area contributed by atoms with Gasteiger partial charge >= 0.3 is 0 Å². The summed E-state index contributed by atoms with van der Waals surface area (Å²) in [5.74, 6) is 2.19. The average Bonchev–Trinajstić information content (AvgIpc) is 3.36. The molecule has 26 heavy (non-hydrogen) atoms. The van der Waals surface area contributed by atoms with Crippen molar-refractivity contribution in [2.45, 2.75) is 43.9 Å². The number of fused-ring (bicyclic) bond motifs is 1. The number of ether oxygens (including phenoxy) is 2. The molecule has 2 aromatic heterocycles. The highest BCUT2D eigenvalue weighted by Gasteiger charge is 2.44. The van der Waals surface area contributed by atoms with Gasteiger partial charge in [0.2, 0.25) is 0 Å². The second kappa shape index (κ2) is 7.65. The van der Waals surface area contributed by atoms with E-state index in [1.807, 2.05) is 6.92 Å². The van der Waals surface area contributed by atoms with Crippen molar-refractivity contribution in [3.05, 3.63) is 12.7 Å². The zero-order valence-corrected chi connectivity index (χ0v) is 15.3. The summed E-state index contributed by atoms with van der Waals surface area (Å²) in [6, 6.07) is 0.198. The number of nitrogens with zero attached hydrogens (tertiary/aromatic N) is 4. The van der Waals surface area contributed by atoms with Crippen LogP contribution in [0.4, 0.5) is 5.82 Å². The molecular formula is C16H23N5O4S. The molecule has 3 N–H and O–H groups in total. The molecule has 0 aliphatic carbocycles. The molecule has 0 bridgehead atoms. The number of aromatic nitrogens is 4. The van der Waals surface area contributed by atoms with Crippen molar-refractivity contribution in [3.63, 3.8) is 0 Å². The van der Waals surface area contributed by atoms with E-state index in [4.69, 9.17) is 9.47 Å². The Morgan fingerprint density at radius 3 is 2.96 bits per heavy atom. The van der Waals surface area contributed by atoms with E-state index in [9.17, 15) is 10.2 Å². The molecule has 2 aliphatic rings. The van der Waals surface area contributed by atoms with Crippen LogP contribution in [0.5, 0.6) is 0 Å². The standard InChI is InChI=1S/C16H23N5O4S/c1-2-26-6-10-12(22)13(23)16(25-10)21-8-19-11-14(17-7-18-15(11)21)20-9-3-4-24-5-9/h7-10,12-13,16,22-23H,2-6H2,1H3,(H,17,18,20)/t9-,10-,12-,13-,16-/m1/s1. The van der Waals surface area contributed by atoms with Gasteiger partial charge in [-0.05, 0) is 12.2 Å². The van der Waals surface area contributed by atoms with Crippen molar-refractivity contribution < 1.29 is 19.7 Å². The van der Waals surface area contributed by atoms with Crippen molar-refractivity contribution in [1.29, 1.82) is 0 Å². The maximum Gasteiger partial charge on any atom is 0.167 e. The molecule has 0 spiro atoms. The molecule has 4 heterocycles. The summed E-state index contributed by atoms with van der Waals surface area (Å²) in [6.07, 6.45) is 0.824. The summed E-state index contributed by atoms with van der Waals surface area (Å²) < 4.78 is 13.0. The number of imidazole rings is 1. The van der Waals surface area contributed by atoms with Gasteiger partial charge in [-0.3, -0.25) is 4.57 Å². The Balaban J connectivity index is 1.59. The van der Waals surface area contributed by atoms with Crippen LogP contribution in [0.2, 0.25) is 0 Å². The van der Waals surface area contributed by atoms with Gasteiger partial charge in [-0.2, -0.15) is 11.8 Å². The Kier molecular flexibility index (Phi) is 5.28. The highest BCUT2D eigenvalue weighted by atomic mass is 32.2. The molecule has 0 amide bonds. The van der Waals surface area contributed by atoms with Gasteiger partial charge in [0.25, 0.3) is 0 Å². The van der Waals surface area contributed by atoms with Gasteiger partial charge in [0, 0.05) is 12.4 Å². The first-order valence-corrected chi connectivity index (χ1v) is 9.95. The van der Waals surface area contributed by atoms with E-state index in [2.05, 4.69) is 20.3 Å². The third kappa shape index (κ3) is 3.27. The molecular weight excluding hydrogens is 358 g/mol. The molecule has 5 atom stereocenters. The van der Waals surface area contributed by atoms with Gasteiger partial charge in [-0.25, -0.2) is 15.0 Å². The van der Waals surface area contributed by atoms with Crippen LogP contribution in [0.3, 0.4) is 0 Å². The molecule has 0 radical (unpaired) electrons. The zero-order valence-electron chi connectivity index (χ0n) is 14.5. The molecule has 2 saturated heterocycles. The SMILES string of the molecule is CCSC[C@H]1O[C@@H](n2cnc3c(N[C@@H]4CCOC4)ncnc32)[C@H](O)[C@@H]1O. The summed E-state index contributed by atoms with van der Waals surface area (Å²) in [5, 5.41) is 24.1. The summed E-state index contributed by atoms with van der Waals surface area (Å²) in [4.78, 5) is 13.0. The lowest BCUT2D eigenvalue weighted by molar-refractivity contribution is -0.0288. The molecule has 142 valence electrons. The van der Waals surface area contributed by atoms with Crippen molar-refractivity contribution >= 4 is 28.7 Å². The van der Waals surface area contributed by atoms with E-state index in [-0.39, 0.29) is 6.04 Å². The molecule has 2 fully saturated rings. The van der Waals surface area contributed by atoms with Gasteiger partial charge in [0.1, 0.15) is 18.5 Å². The molecule has 9 nitrogen and oxygen atoms in total. The molecule has 0 unspecified atom stereocenters. The van der Waals surface area contributed by atoms with Crippen LogP contribution in [0.25, 0.3) is 11.2 Å². The monoisotopic (exact) mass is 381 g/mol. The quantitative estimate of drug-likeness (QED) is 0.654. The highest BCUT2D eigenvalue weighted by Crippen LogP contribution is 2.33. The van der Waals surface area contributed by atoms with Gasteiger partial charge in [0.05, 0.1) is 25.1 Å². The maximum atomic E-state index is 10.4. The third-order valence-corrected chi connectivity index (χ3v) is 5.70. The minimum Gasteiger partial charge on any atom is -0.387 e. The zero-order chi connectivity index (χ0) is 18.1. The van der Waals surface area contributed by atoms with Crippen LogP contribution in [-0.2, 0) is 9.47 Å². The van der Waals surface area contributed by atoms with E-state index >= 15 is 0 Å². The van der Waals surface area contributed by atoms with Crippen LogP contribution in [0, 0.1) is 0 Å². The lowest BCUT2D eigenvalue weighted by Gasteiger charge is -2.17. The number of hydrogen-bond donors (Lipinski definition) is 3. The van der Waals surface area contributed by atoms with Crippen molar-refractivity contribution in [1.82, 2.24) is 19.5 Å². The molecule has 2 aliphatic heterocycles. The number of aliphatic hydroxyl groups excluding tert-OH is 2. The Morgan fingerprint density at radius 2 is 2.19 bits per heavy atom. The maximum absolute atomic E-state index is 10.4. The van der Waals surface area contributed by atoms with Crippen molar-refractivity contribution in [2.75, 3.05) is 30.0 Å². The van der Waals surface area contributed by atoms with Crippen molar-refractivity contribution in [2.24, 2.45) is 0 Å². The molecule has 4 rings (SSSR count). The van der Waals surface area contributed by atoms with Gasteiger partial charge < -0.3 is 25.0 Å². The first-order valence-electron chi connectivity index (χ1n) is 8.80. The average molecular weight is 381 g/mol. The van der Waals surface area contributed by atoms with Crippen LogP contribution >= 0.6 is 11.8 Å². The fourth-order valence-electron chi connectivity index (χ4n) is 3.32. The largest absolute Gasteiger partial charge is 0.387 e. The topological polar surface area (TPSA) is 115 Å².